The standard InChI is InChI=1S/C18H11Cl3N4O2S/c19-11-3-1-10(2-4-11)14-9-28-18-23-17(24-25(14)18)22-16(26)8-27-15-6-5-12(20)7-13(15)21/h1-7,9H,8H2,(H,22,24,26). The number of carbonyl (C=O) groups excluding carboxylic acids is 1. The van der Waals surface area contributed by atoms with Crippen LogP contribution in [0, 0.1) is 0 Å². The molecular weight excluding hydrogens is 443 g/mol. The van der Waals surface area contributed by atoms with E-state index in [1.165, 1.54) is 11.3 Å². The first-order chi connectivity index (χ1) is 13.5. The lowest BCUT2D eigenvalue weighted by Crippen LogP contribution is -2.21. The summed E-state index contributed by atoms with van der Waals surface area (Å²) in [6.45, 7) is -0.238. The number of hydrogen-bond donors (Lipinski definition) is 1. The molecule has 0 aliphatic carbocycles. The minimum Gasteiger partial charge on any atom is -0.482 e. The summed E-state index contributed by atoms with van der Waals surface area (Å²) < 4.78 is 7.08. The van der Waals surface area contributed by atoms with Crippen molar-refractivity contribution in [1.82, 2.24) is 14.6 Å². The van der Waals surface area contributed by atoms with E-state index < -0.39 is 5.91 Å². The Morgan fingerprint density at radius 2 is 1.86 bits per heavy atom. The molecule has 2 aromatic carbocycles. The van der Waals surface area contributed by atoms with Crippen LogP contribution in [0.5, 0.6) is 5.75 Å². The summed E-state index contributed by atoms with van der Waals surface area (Å²) in [5.74, 6) is 0.153. The van der Waals surface area contributed by atoms with E-state index in [9.17, 15) is 4.79 Å². The number of amides is 1. The number of nitrogens with one attached hydrogen (secondary N) is 1. The first-order valence-corrected chi connectivity index (χ1v) is 9.99. The minimum atomic E-state index is -0.405. The van der Waals surface area contributed by atoms with Crippen molar-refractivity contribution >= 4 is 63.0 Å². The fraction of sp³-hybridized carbons (Fsp3) is 0.0556. The molecule has 0 saturated carbocycles. The van der Waals surface area contributed by atoms with Crippen LogP contribution in [-0.2, 0) is 4.79 Å². The molecule has 0 aliphatic rings. The molecule has 28 heavy (non-hydrogen) atoms. The van der Waals surface area contributed by atoms with E-state index in [1.54, 1.807) is 34.8 Å². The topological polar surface area (TPSA) is 68.5 Å². The third kappa shape index (κ3) is 4.07. The quantitative estimate of drug-likeness (QED) is 0.437. The van der Waals surface area contributed by atoms with Crippen LogP contribution in [0.25, 0.3) is 16.2 Å². The van der Waals surface area contributed by atoms with Crippen molar-refractivity contribution in [3.63, 3.8) is 0 Å². The van der Waals surface area contributed by atoms with Gasteiger partial charge in [-0.3, -0.25) is 10.1 Å². The molecule has 10 heteroatoms. The molecule has 0 radical (unpaired) electrons. The smallest absolute Gasteiger partial charge is 0.264 e. The summed E-state index contributed by atoms with van der Waals surface area (Å²) in [5, 5.41) is 10.4. The van der Waals surface area contributed by atoms with Gasteiger partial charge in [0.2, 0.25) is 4.96 Å². The van der Waals surface area contributed by atoms with Crippen LogP contribution in [0.1, 0.15) is 0 Å². The average Bonchev–Trinajstić information content (AvgIpc) is 3.22. The number of carbonyl (C=O) groups is 1. The maximum atomic E-state index is 12.1. The zero-order valence-electron chi connectivity index (χ0n) is 14.0. The largest absolute Gasteiger partial charge is 0.482 e. The number of thiazole rings is 1. The highest BCUT2D eigenvalue weighted by molar-refractivity contribution is 7.15. The van der Waals surface area contributed by atoms with E-state index in [0.717, 1.165) is 11.3 Å². The third-order valence-electron chi connectivity index (χ3n) is 3.73. The number of nitrogens with zero attached hydrogens (tertiary/aromatic N) is 3. The Hall–Kier alpha value is -2.32. The van der Waals surface area contributed by atoms with E-state index in [2.05, 4.69) is 15.4 Å². The number of anilines is 1. The number of rotatable bonds is 5. The Kier molecular flexibility index (Phi) is 5.41. The number of ether oxygens (including phenoxy) is 1. The predicted molar refractivity (Wildman–Crippen MR) is 112 cm³/mol. The minimum absolute atomic E-state index is 0.192. The molecule has 6 nitrogen and oxygen atoms in total. The van der Waals surface area contributed by atoms with E-state index in [4.69, 9.17) is 39.5 Å². The lowest BCUT2D eigenvalue weighted by molar-refractivity contribution is -0.118. The van der Waals surface area contributed by atoms with Gasteiger partial charge in [-0.25, -0.2) is 4.52 Å². The Morgan fingerprint density at radius 3 is 2.61 bits per heavy atom. The van der Waals surface area contributed by atoms with Gasteiger partial charge >= 0.3 is 0 Å². The van der Waals surface area contributed by atoms with Crippen LogP contribution in [0.15, 0.2) is 47.8 Å². The summed E-state index contributed by atoms with van der Waals surface area (Å²) in [5.41, 5.74) is 1.80. The zero-order valence-corrected chi connectivity index (χ0v) is 17.1. The Balaban J connectivity index is 1.46. The van der Waals surface area contributed by atoms with Gasteiger partial charge in [-0.1, -0.05) is 46.9 Å². The van der Waals surface area contributed by atoms with Gasteiger partial charge in [0, 0.05) is 21.0 Å². The van der Waals surface area contributed by atoms with Gasteiger partial charge in [0.25, 0.3) is 11.9 Å². The number of fused-ring (bicyclic) bond motifs is 1. The molecule has 0 bridgehead atoms. The SMILES string of the molecule is O=C(COc1ccc(Cl)cc1Cl)Nc1nc2scc(-c3ccc(Cl)cc3)n2n1. The lowest BCUT2D eigenvalue weighted by Gasteiger charge is -2.07. The van der Waals surface area contributed by atoms with Crippen molar-refractivity contribution in [2.45, 2.75) is 0 Å². The van der Waals surface area contributed by atoms with Crippen LogP contribution >= 0.6 is 46.1 Å². The van der Waals surface area contributed by atoms with E-state index in [0.29, 0.717) is 25.8 Å². The second-order valence-corrected chi connectivity index (χ2v) is 7.79. The van der Waals surface area contributed by atoms with Crippen molar-refractivity contribution in [1.29, 1.82) is 0 Å². The van der Waals surface area contributed by atoms with Gasteiger partial charge in [-0.2, -0.15) is 4.98 Å². The summed E-state index contributed by atoms with van der Waals surface area (Å²) in [6, 6.07) is 12.2. The van der Waals surface area contributed by atoms with Gasteiger partial charge in [0.05, 0.1) is 10.7 Å². The van der Waals surface area contributed by atoms with Gasteiger partial charge in [-0.15, -0.1) is 16.4 Å². The number of aromatic nitrogens is 3. The van der Waals surface area contributed by atoms with Crippen molar-refractivity contribution in [3.8, 4) is 17.0 Å². The second kappa shape index (κ2) is 7.97. The molecule has 2 heterocycles. The van der Waals surface area contributed by atoms with E-state index in [1.807, 2.05) is 17.5 Å². The molecule has 2 aromatic heterocycles. The zero-order chi connectivity index (χ0) is 19.7. The van der Waals surface area contributed by atoms with Gasteiger partial charge in [0.15, 0.2) is 6.61 Å². The normalized spacial score (nSPS) is 11.0. The van der Waals surface area contributed by atoms with Crippen molar-refractivity contribution < 1.29 is 9.53 Å². The number of benzene rings is 2. The highest BCUT2D eigenvalue weighted by Crippen LogP contribution is 2.28. The van der Waals surface area contributed by atoms with Crippen molar-refractivity contribution in [3.05, 3.63) is 62.9 Å². The molecule has 1 N–H and O–H groups in total. The molecule has 4 rings (SSSR count). The summed E-state index contributed by atoms with van der Waals surface area (Å²) in [6.07, 6.45) is 0. The number of hydrogen-bond acceptors (Lipinski definition) is 5. The fourth-order valence-corrected chi connectivity index (χ4v) is 3.87. The van der Waals surface area contributed by atoms with E-state index >= 15 is 0 Å². The second-order valence-electron chi connectivity index (χ2n) is 5.67. The Morgan fingerprint density at radius 1 is 1.11 bits per heavy atom. The number of halogens is 3. The highest BCUT2D eigenvalue weighted by Gasteiger charge is 2.14. The van der Waals surface area contributed by atoms with Crippen LogP contribution < -0.4 is 10.1 Å². The maximum absolute atomic E-state index is 12.1. The molecule has 0 unspecified atom stereocenters. The predicted octanol–water partition coefficient (Wildman–Crippen LogP) is 5.44. The monoisotopic (exact) mass is 452 g/mol. The average molecular weight is 454 g/mol. The van der Waals surface area contributed by atoms with Crippen LogP contribution in [0.4, 0.5) is 5.95 Å². The Labute approximate surface area is 178 Å². The molecule has 0 aliphatic heterocycles. The molecule has 0 atom stereocenters. The molecule has 0 saturated heterocycles. The van der Waals surface area contributed by atoms with E-state index in [-0.39, 0.29) is 12.6 Å². The van der Waals surface area contributed by atoms with Gasteiger partial charge < -0.3 is 4.74 Å². The summed E-state index contributed by atoms with van der Waals surface area (Å²) >= 11 is 19.2. The molecule has 142 valence electrons. The fourth-order valence-electron chi connectivity index (χ4n) is 2.45. The highest BCUT2D eigenvalue weighted by atomic mass is 35.5. The summed E-state index contributed by atoms with van der Waals surface area (Å²) in [7, 11) is 0. The third-order valence-corrected chi connectivity index (χ3v) is 5.32. The van der Waals surface area contributed by atoms with Gasteiger partial charge in [0.1, 0.15) is 5.75 Å². The van der Waals surface area contributed by atoms with Gasteiger partial charge in [-0.05, 0) is 30.3 Å². The summed E-state index contributed by atoms with van der Waals surface area (Å²) in [4.78, 5) is 17.1. The first kappa shape index (κ1) is 19.0. The van der Waals surface area contributed by atoms with Crippen molar-refractivity contribution in [2.75, 3.05) is 11.9 Å². The van der Waals surface area contributed by atoms with Crippen LogP contribution in [0.2, 0.25) is 15.1 Å². The Bertz CT molecular complexity index is 1160. The molecule has 0 fully saturated rings. The molecule has 1 amide bonds. The van der Waals surface area contributed by atoms with Crippen molar-refractivity contribution in [2.24, 2.45) is 0 Å². The first-order valence-electron chi connectivity index (χ1n) is 7.97. The molecule has 0 spiro atoms. The molecule has 4 aromatic rings. The van der Waals surface area contributed by atoms with Crippen LogP contribution in [0.3, 0.4) is 0 Å². The lowest BCUT2D eigenvalue weighted by atomic mass is 10.2. The molecular formula is C18H11Cl3N4O2S. The maximum Gasteiger partial charge on any atom is 0.264 e. The van der Waals surface area contributed by atoms with Crippen LogP contribution in [-0.4, -0.2) is 27.1 Å².